The highest BCUT2D eigenvalue weighted by molar-refractivity contribution is 6.39. The summed E-state index contributed by atoms with van der Waals surface area (Å²) in [6.07, 6.45) is 3.71. The molecule has 1 aromatic heterocycles. The van der Waals surface area contributed by atoms with E-state index in [1.165, 1.54) is 6.20 Å². The van der Waals surface area contributed by atoms with Crippen LogP contribution in [0.4, 0.5) is 5.69 Å². The number of ether oxygens (including phenoxy) is 1. The standard InChI is InChI=1S/C18H21N3O3/c1-3-18(24-2,14-8-5-4-6-9-14)13-20-16(22)17(23)21-15-10-7-11-19-12-15/h4-12H,3,13H2,1-2H3,(H,20,22)(H,21,23). The van der Waals surface area contributed by atoms with E-state index in [0.717, 1.165) is 5.56 Å². The van der Waals surface area contributed by atoms with Gasteiger partial charge in [-0.3, -0.25) is 14.6 Å². The van der Waals surface area contributed by atoms with Gasteiger partial charge in [0, 0.05) is 13.3 Å². The summed E-state index contributed by atoms with van der Waals surface area (Å²) in [5, 5.41) is 5.15. The molecule has 0 bridgehead atoms. The second-order valence-corrected chi connectivity index (χ2v) is 5.30. The Hall–Kier alpha value is -2.73. The fourth-order valence-corrected chi connectivity index (χ4v) is 2.44. The van der Waals surface area contributed by atoms with Crippen LogP contribution in [-0.2, 0) is 19.9 Å². The van der Waals surface area contributed by atoms with E-state index in [-0.39, 0.29) is 6.54 Å². The molecule has 2 aromatic rings. The van der Waals surface area contributed by atoms with Gasteiger partial charge in [0.05, 0.1) is 18.4 Å². The van der Waals surface area contributed by atoms with Crippen LogP contribution in [-0.4, -0.2) is 30.5 Å². The first-order chi connectivity index (χ1) is 11.6. The van der Waals surface area contributed by atoms with E-state index >= 15 is 0 Å². The van der Waals surface area contributed by atoms with Gasteiger partial charge in [0.15, 0.2) is 0 Å². The number of nitrogens with one attached hydrogen (secondary N) is 2. The fourth-order valence-electron chi connectivity index (χ4n) is 2.44. The summed E-state index contributed by atoms with van der Waals surface area (Å²) in [4.78, 5) is 27.9. The number of carbonyl (C=O) groups excluding carboxylic acids is 2. The van der Waals surface area contributed by atoms with E-state index in [9.17, 15) is 9.59 Å². The van der Waals surface area contributed by atoms with Gasteiger partial charge >= 0.3 is 11.8 Å². The van der Waals surface area contributed by atoms with E-state index in [1.807, 2.05) is 37.3 Å². The molecular weight excluding hydrogens is 306 g/mol. The molecule has 0 saturated carbocycles. The van der Waals surface area contributed by atoms with Crippen molar-refractivity contribution in [3.8, 4) is 0 Å². The first-order valence-corrected chi connectivity index (χ1v) is 7.71. The van der Waals surface area contributed by atoms with Crippen LogP contribution in [0.1, 0.15) is 18.9 Å². The largest absolute Gasteiger partial charge is 0.372 e. The van der Waals surface area contributed by atoms with Crippen molar-refractivity contribution in [1.29, 1.82) is 0 Å². The Bertz CT molecular complexity index is 670. The van der Waals surface area contributed by atoms with Crippen LogP contribution in [0.5, 0.6) is 0 Å². The zero-order valence-electron chi connectivity index (χ0n) is 13.8. The van der Waals surface area contributed by atoms with Gasteiger partial charge in [-0.05, 0) is 24.1 Å². The molecule has 1 atom stereocenters. The normalized spacial score (nSPS) is 12.9. The predicted octanol–water partition coefficient (Wildman–Crippen LogP) is 2.09. The number of pyridine rings is 1. The van der Waals surface area contributed by atoms with Gasteiger partial charge in [-0.2, -0.15) is 0 Å². The molecule has 2 N–H and O–H groups in total. The lowest BCUT2D eigenvalue weighted by Gasteiger charge is -2.32. The maximum Gasteiger partial charge on any atom is 0.313 e. The van der Waals surface area contributed by atoms with E-state index < -0.39 is 17.4 Å². The molecule has 126 valence electrons. The minimum atomic E-state index is -0.739. The number of aromatic nitrogens is 1. The third kappa shape index (κ3) is 4.17. The van der Waals surface area contributed by atoms with E-state index in [0.29, 0.717) is 12.1 Å². The minimum Gasteiger partial charge on any atom is -0.372 e. The number of hydrogen-bond acceptors (Lipinski definition) is 4. The summed E-state index contributed by atoms with van der Waals surface area (Å²) < 4.78 is 5.67. The van der Waals surface area contributed by atoms with Crippen LogP contribution >= 0.6 is 0 Å². The Morgan fingerprint density at radius 3 is 2.46 bits per heavy atom. The third-order valence-electron chi connectivity index (χ3n) is 3.92. The molecule has 0 aliphatic rings. The second kappa shape index (κ2) is 8.21. The fraction of sp³-hybridized carbons (Fsp3) is 0.278. The molecule has 1 heterocycles. The smallest absolute Gasteiger partial charge is 0.313 e. The maximum absolute atomic E-state index is 12.1. The van der Waals surface area contributed by atoms with Gasteiger partial charge in [0.1, 0.15) is 5.60 Å². The summed E-state index contributed by atoms with van der Waals surface area (Å²) in [6.45, 7) is 2.17. The molecule has 0 fully saturated rings. The SMILES string of the molecule is CCC(CNC(=O)C(=O)Nc1cccnc1)(OC)c1ccccc1. The van der Waals surface area contributed by atoms with Gasteiger partial charge in [-0.15, -0.1) is 0 Å². The number of rotatable bonds is 6. The topological polar surface area (TPSA) is 80.3 Å². The molecule has 0 aliphatic heterocycles. The van der Waals surface area contributed by atoms with Crippen LogP contribution in [0.3, 0.4) is 0 Å². The van der Waals surface area contributed by atoms with E-state index in [2.05, 4.69) is 15.6 Å². The molecule has 0 saturated heterocycles. The first-order valence-electron chi connectivity index (χ1n) is 7.71. The van der Waals surface area contributed by atoms with Crippen molar-refractivity contribution in [2.45, 2.75) is 18.9 Å². The number of methoxy groups -OCH3 is 1. The van der Waals surface area contributed by atoms with Gasteiger partial charge in [0.2, 0.25) is 0 Å². The highest BCUT2D eigenvalue weighted by atomic mass is 16.5. The molecule has 6 nitrogen and oxygen atoms in total. The molecule has 6 heteroatoms. The summed E-state index contributed by atoms with van der Waals surface area (Å²) in [6, 6.07) is 13.0. The van der Waals surface area contributed by atoms with Gasteiger partial charge in [-0.25, -0.2) is 0 Å². The predicted molar refractivity (Wildman–Crippen MR) is 91.3 cm³/mol. The van der Waals surface area contributed by atoms with Gasteiger partial charge in [0.25, 0.3) is 0 Å². The van der Waals surface area contributed by atoms with Crippen molar-refractivity contribution < 1.29 is 14.3 Å². The minimum absolute atomic E-state index is 0.198. The second-order valence-electron chi connectivity index (χ2n) is 5.30. The number of amides is 2. The lowest BCUT2D eigenvalue weighted by molar-refractivity contribution is -0.137. The lowest BCUT2D eigenvalue weighted by atomic mass is 9.90. The quantitative estimate of drug-likeness (QED) is 0.796. The Morgan fingerprint density at radius 1 is 1.12 bits per heavy atom. The van der Waals surface area contributed by atoms with Crippen molar-refractivity contribution in [2.24, 2.45) is 0 Å². The lowest BCUT2D eigenvalue weighted by Crippen LogP contribution is -2.45. The molecule has 0 spiro atoms. The summed E-state index contributed by atoms with van der Waals surface area (Å²) in [5.74, 6) is -1.46. The van der Waals surface area contributed by atoms with Gasteiger partial charge in [-0.1, -0.05) is 37.3 Å². The van der Waals surface area contributed by atoms with Crippen molar-refractivity contribution in [3.05, 3.63) is 60.4 Å². The Balaban J connectivity index is 2.01. The molecule has 1 unspecified atom stereocenters. The molecule has 2 rings (SSSR count). The molecule has 2 amide bonds. The number of hydrogen-bond donors (Lipinski definition) is 2. The zero-order valence-corrected chi connectivity index (χ0v) is 13.8. The third-order valence-corrected chi connectivity index (χ3v) is 3.92. The average molecular weight is 327 g/mol. The Kier molecular flexibility index (Phi) is 6.03. The van der Waals surface area contributed by atoms with Crippen molar-refractivity contribution in [1.82, 2.24) is 10.3 Å². The monoisotopic (exact) mass is 327 g/mol. The maximum atomic E-state index is 12.1. The number of anilines is 1. The Labute approximate surface area is 141 Å². The summed E-state index contributed by atoms with van der Waals surface area (Å²) >= 11 is 0. The van der Waals surface area contributed by atoms with Crippen LogP contribution in [0.2, 0.25) is 0 Å². The average Bonchev–Trinajstić information content (AvgIpc) is 2.64. The first kappa shape index (κ1) is 17.6. The van der Waals surface area contributed by atoms with Crippen molar-refractivity contribution >= 4 is 17.5 Å². The molecule has 0 aliphatic carbocycles. The van der Waals surface area contributed by atoms with Crippen LogP contribution < -0.4 is 10.6 Å². The summed E-state index contributed by atoms with van der Waals surface area (Å²) in [7, 11) is 1.60. The highest BCUT2D eigenvalue weighted by Crippen LogP contribution is 2.27. The molecule has 0 radical (unpaired) electrons. The van der Waals surface area contributed by atoms with Crippen molar-refractivity contribution in [2.75, 3.05) is 19.0 Å². The van der Waals surface area contributed by atoms with Crippen molar-refractivity contribution in [3.63, 3.8) is 0 Å². The number of nitrogens with zero attached hydrogens (tertiary/aromatic N) is 1. The van der Waals surface area contributed by atoms with Crippen LogP contribution in [0.15, 0.2) is 54.9 Å². The van der Waals surface area contributed by atoms with Crippen LogP contribution in [0, 0.1) is 0 Å². The van der Waals surface area contributed by atoms with E-state index in [1.54, 1.807) is 25.4 Å². The summed E-state index contributed by atoms with van der Waals surface area (Å²) in [5.41, 5.74) is 0.739. The van der Waals surface area contributed by atoms with E-state index in [4.69, 9.17) is 4.74 Å². The molecular formula is C18H21N3O3. The molecule has 24 heavy (non-hydrogen) atoms. The number of carbonyl (C=O) groups is 2. The Morgan fingerprint density at radius 2 is 1.88 bits per heavy atom. The zero-order chi connectivity index (χ0) is 17.4. The van der Waals surface area contributed by atoms with Gasteiger partial charge < -0.3 is 15.4 Å². The van der Waals surface area contributed by atoms with Crippen LogP contribution in [0.25, 0.3) is 0 Å². The highest BCUT2D eigenvalue weighted by Gasteiger charge is 2.31. The molecule has 1 aromatic carbocycles. The number of benzene rings is 1.